The second-order valence-electron chi connectivity index (χ2n) is 11.4. The third-order valence-corrected chi connectivity index (χ3v) is 10.5. The van der Waals surface area contributed by atoms with Gasteiger partial charge in [0.05, 0.1) is 7.11 Å². The molecule has 2 heterocycles. The number of benzene rings is 2. The summed E-state index contributed by atoms with van der Waals surface area (Å²) in [5, 5.41) is 0. The van der Waals surface area contributed by atoms with Gasteiger partial charge in [0.2, 0.25) is 0 Å². The number of ether oxygens (including phenoxy) is 1. The van der Waals surface area contributed by atoms with Gasteiger partial charge in [-0.15, -0.1) is 0 Å². The first kappa shape index (κ1) is 21.0. The van der Waals surface area contributed by atoms with Gasteiger partial charge in [0.25, 0.3) is 5.91 Å². The number of hydrogen-bond donors (Lipinski definition) is 1. The van der Waals surface area contributed by atoms with E-state index in [0.717, 1.165) is 50.3 Å². The minimum atomic E-state index is 0.143. The van der Waals surface area contributed by atoms with Crippen molar-refractivity contribution in [1.29, 1.82) is 0 Å². The second-order valence-corrected chi connectivity index (χ2v) is 11.4. The molecule has 2 aromatic rings. The standard InChI is InChI=1S/C29H35N3O2/c1-34-22-8-7-20-15-25-28-10-9-24-26(29(28,23(20)16-22)11-13-31(25)14-12-30)21(17-28)18-32(24)27(33)19-5-3-2-4-6-19/h2-8,16,21,24-26H,9-15,17-18,30H2,1H3/t21-,24?,25?,26?,28?,29?/m1/s1. The van der Waals surface area contributed by atoms with Gasteiger partial charge in [0.15, 0.2) is 0 Å². The van der Waals surface area contributed by atoms with Crippen molar-refractivity contribution in [3.8, 4) is 5.75 Å². The molecule has 7 rings (SSSR count). The van der Waals surface area contributed by atoms with Gasteiger partial charge in [-0.1, -0.05) is 24.3 Å². The molecule has 34 heavy (non-hydrogen) atoms. The van der Waals surface area contributed by atoms with E-state index in [2.05, 4.69) is 28.0 Å². The summed E-state index contributed by atoms with van der Waals surface area (Å²) >= 11 is 0. The number of nitrogens with zero attached hydrogens (tertiary/aromatic N) is 2. The predicted molar refractivity (Wildman–Crippen MR) is 132 cm³/mol. The monoisotopic (exact) mass is 457 g/mol. The van der Waals surface area contributed by atoms with Gasteiger partial charge in [-0.3, -0.25) is 9.69 Å². The van der Waals surface area contributed by atoms with Crippen molar-refractivity contribution in [3.63, 3.8) is 0 Å². The van der Waals surface area contributed by atoms with Gasteiger partial charge in [0, 0.05) is 42.7 Å². The number of methoxy groups -OCH3 is 1. The van der Waals surface area contributed by atoms with E-state index in [0.29, 0.717) is 29.3 Å². The van der Waals surface area contributed by atoms with Crippen LogP contribution in [0.15, 0.2) is 48.5 Å². The summed E-state index contributed by atoms with van der Waals surface area (Å²) in [6.07, 6.45) is 5.89. The van der Waals surface area contributed by atoms with Crippen LogP contribution in [0.25, 0.3) is 0 Å². The SMILES string of the molecule is COc1ccc2c(c1)C13CCN(CCN)C(C2)C12CCC1C3[C@@H](CN1C(=O)c1ccccc1)C2. The number of rotatable bonds is 4. The van der Waals surface area contributed by atoms with Crippen LogP contribution in [0.3, 0.4) is 0 Å². The zero-order valence-corrected chi connectivity index (χ0v) is 20.1. The van der Waals surface area contributed by atoms with Crippen molar-refractivity contribution < 1.29 is 9.53 Å². The van der Waals surface area contributed by atoms with Gasteiger partial charge in [0.1, 0.15) is 5.75 Å². The molecule has 5 aliphatic rings. The van der Waals surface area contributed by atoms with E-state index >= 15 is 0 Å². The fraction of sp³-hybridized carbons (Fsp3) is 0.552. The van der Waals surface area contributed by atoms with Crippen molar-refractivity contribution >= 4 is 5.91 Å². The smallest absolute Gasteiger partial charge is 0.254 e. The van der Waals surface area contributed by atoms with Gasteiger partial charge < -0.3 is 15.4 Å². The van der Waals surface area contributed by atoms with E-state index in [-0.39, 0.29) is 11.3 Å². The molecule has 4 bridgehead atoms. The molecule has 0 radical (unpaired) electrons. The Labute approximate surface area is 202 Å². The summed E-state index contributed by atoms with van der Waals surface area (Å²) in [4.78, 5) is 18.6. The maximum absolute atomic E-state index is 13.7. The molecule has 178 valence electrons. The normalized spacial score (nSPS) is 37.3. The highest BCUT2D eigenvalue weighted by Gasteiger charge is 2.76. The zero-order chi connectivity index (χ0) is 23.1. The molecule has 0 aromatic heterocycles. The number of hydrogen-bond acceptors (Lipinski definition) is 4. The summed E-state index contributed by atoms with van der Waals surface area (Å²) in [6, 6.07) is 17.6. The first-order chi connectivity index (χ1) is 16.6. The van der Waals surface area contributed by atoms with Crippen molar-refractivity contribution in [3.05, 3.63) is 65.2 Å². The Bertz CT molecular complexity index is 1140. The van der Waals surface area contributed by atoms with Crippen LogP contribution in [-0.2, 0) is 11.8 Å². The predicted octanol–water partition coefficient (Wildman–Crippen LogP) is 3.46. The topological polar surface area (TPSA) is 58.8 Å². The lowest BCUT2D eigenvalue weighted by molar-refractivity contribution is -0.0997. The van der Waals surface area contributed by atoms with E-state index in [1.807, 2.05) is 30.3 Å². The van der Waals surface area contributed by atoms with Gasteiger partial charge >= 0.3 is 0 Å². The van der Waals surface area contributed by atoms with Gasteiger partial charge in [-0.25, -0.2) is 0 Å². The third-order valence-electron chi connectivity index (χ3n) is 10.5. The van der Waals surface area contributed by atoms with Crippen LogP contribution >= 0.6 is 0 Å². The number of carbonyl (C=O) groups excluding carboxylic acids is 1. The van der Waals surface area contributed by atoms with Crippen molar-refractivity contribution in [2.75, 3.05) is 33.3 Å². The molecular weight excluding hydrogens is 422 g/mol. The first-order valence-electron chi connectivity index (χ1n) is 13.1. The van der Waals surface area contributed by atoms with E-state index in [1.165, 1.54) is 24.8 Å². The molecule has 5 unspecified atom stereocenters. The molecule has 6 atom stereocenters. The maximum Gasteiger partial charge on any atom is 0.254 e. The Morgan fingerprint density at radius 2 is 2.03 bits per heavy atom. The number of amides is 1. The van der Waals surface area contributed by atoms with Crippen molar-refractivity contribution in [1.82, 2.24) is 9.80 Å². The minimum absolute atomic E-state index is 0.143. The van der Waals surface area contributed by atoms with E-state index in [1.54, 1.807) is 12.7 Å². The van der Waals surface area contributed by atoms with E-state index < -0.39 is 0 Å². The lowest BCUT2D eigenvalue weighted by Gasteiger charge is -2.66. The molecule has 4 fully saturated rings. The number of nitrogens with two attached hydrogens (primary N) is 1. The second kappa shape index (κ2) is 7.32. The summed E-state index contributed by atoms with van der Waals surface area (Å²) in [7, 11) is 1.78. The fourth-order valence-corrected chi connectivity index (χ4v) is 9.63. The molecular formula is C29H35N3O2. The molecule has 5 heteroatoms. The lowest BCUT2D eigenvalue weighted by Crippen LogP contribution is -2.70. The van der Waals surface area contributed by atoms with Crippen LogP contribution in [0.4, 0.5) is 0 Å². The molecule has 2 aliphatic heterocycles. The highest BCUT2D eigenvalue weighted by Crippen LogP contribution is 2.75. The Balaban J connectivity index is 1.36. The largest absolute Gasteiger partial charge is 0.497 e. The summed E-state index contributed by atoms with van der Waals surface area (Å²) in [5.41, 5.74) is 10.4. The summed E-state index contributed by atoms with van der Waals surface area (Å²) < 4.78 is 5.74. The number of fused-ring (bicyclic) bond motifs is 1. The Morgan fingerprint density at radius 1 is 1.18 bits per heavy atom. The Hall–Kier alpha value is -2.37. The average molecular weight is 458 g/mol. The molecule has 2 aromatic carbocycles. The van der Waals surface area contributed by atoms with Crippen molar-refractivity contribution in [2.24, 2.45) is 23.0 Å². The van der Waals surface area contributed by atoms with Gasteiger partial charge in [-0.2, -0.15) is 0 Å². The van der Waals surface area contributed by atoms with Crippen LogP contribution in [0.2, 0.25) is 0 Å². The Kier molecular flexibility index (Phi) is 4.51. The molecule has 5 nitrogen and oxygen atoms in total. The van der Waals surface area contributed by atoms with E-state index in [4.69, 9.17) is 10.5 Å². The van der Waals surface area contributed by atoms with Gasteiger partial charge in [-0.05, 0) is 91.3 Å². The van der Waals surface area contributed by atoms with Crippen LogP contribution in [0.5, 0.6) is 5.75 Å². The van der Waals surface area contributed by atoms with Crippen LogP contribution in [-0.4, -0.2) is 61.1 Å². The zero-order valence-electron chi connectivity index (χ0n) is 20.1. The molecule has 1 amide bonds. The molecule has 2 saturated carbocycles. The highest BCUT2D eigenvalue weighted by atomic mass is 16.5. The minimum Gasteiger partial charge on any atom is -0.497 e. The lowest BCUT2D eigenvalue weighted by atomic mass is 9.43. The van der Waals surface area contributed by atoms with E-state index in [9.17, 15) is 4.79 Å². The quantitative estimate of drug-likeness (QED) is 0.764. The van der Waals surface area contributed by atoms with Crippen molar-refractivity contribution in [2.45, 2.75) is 49.6 Å². The van der Waals surface area contributed by atoms with Crippen LogP contribution in [0.1, 0.15) is 47.2 Å². The highest BCUT2D eigenvalue weighted by molar-refractivity contribution is 5.94. The average Bonchev–Trinajstić information content (AvgIpc) is 3.32. The third kappa shape index (κ3) is 2.45. The molecule has 2 N–H and O–H groups in total. The van der Waals surface area contributed by atoms with Crippen LogP contribution < -0.4 is 10.5 Å². The molecule has 2 saturated heterocycles. The molecule has 0 spiro atoms. The maximum atomic E-state index is 13.7. The number of carbonyl (C=O) groups is 1. The summed E-state index contributed by atoms with van der Waals surface area (Å²) in [5.74, 6) is 2.32. The summed E-state index contributed by atoms with van der Waals surface area (Å²) in [6.45, 7) is 3.74. The van der Waals surface area contributed by atoms with Crippen LogP contribution in [0, 0.1) is 17.3 Å². The number of piperidine rings is 1. The first-order valence-corrected chi connectivity index (χ1v) is 13.1. The fourth-order valence-electron chi connectivity index (χ4n) is 9.63. The number of likely N-dealkylation sites (tertiary alicyclic amines) is 2. The Morgan fingerprint density at radius 3 is 2.82 bits per heavy atom. The molecule has 3 aliphatic carbocycles.